The number of rotatable bonds is 3. The third-order valence-electron chi connectivity index (χ3n) is 13.2. The number of benzene rings is 2. The lowest BCUT2D eigenvalue weighted by Gasteiger charge is -2.60. The van der Waals surface area contributed by atoms with Crippen LogP contribution in [0.25, 0.3) is 0 Å². The minimum absolute atomic E-state index is 0.283. The van der Waals surface area contributed by atoms with Crippen molar-refractivity contribution in [3.8, 4) is 0 Å². The Kier molecular flexibility index (Phi) is 6.89. The number of aliphatic hydroxyl groups excluding tert-OH is 2. The molecular weight excluding hydrogens is 781 g/mol. The lowest BCUT2D eigenvalue weighted by molar-refractivity contribution is -0.169. The van der Waals surface area contributed by atoms with Gasteiger partial charge in [0.05, 0.1) is 10.8 Å². The minimum Gasteiger partial charge on any atom is -0.388 e. The predicted octanol–water partition coefficient (Wildman–Crippen LogP) is 3.90. The highest BCUT2D eigenvalue weighted by Gasteiger charge is 2.92. The van der Waals surface area contributed by atoms with Gasteiger partial charge in [-0.15, -0.1) is 0 Å². The summed E-state index contributed by atoms with van der Waals surface area (Å²) in [6.45, 7) is 7.68. The zero-order chi connectivity index (χ0) is 36.7. The van der Waals surface area contributed by atoms with E-state index >= 15 is 14.4 Å². The average molecular weight is 817 g/mol. The minimum atomic E-state index is -1.84. The summed E-state index contributed by atoms with van der Waals surface area (Å²) in [6, 6.07) is 14.9. The van der Waals surface area contributed by atoms with Gasteiger partial charge in [-0.05, 0) is 87.1 Å². The lowest BCUT2D eigenvalue weighted by atomic mass is 9.52. The molecule has 4 amide bonds. The molecule has 0 saturated carbocycles. The second-order valence-corrected chi connectivity index (χ2v) is 24.1. The first kappa shape index (κ1) is 34.4. The normalized spacial score (nSPS) is 43.7. The summed E-state index contributed by atoms with van der Waals surface area (Å²) >= 11 is 0. The SMILES string of the molecule is CC(C)[C@@]12SSSS[C@]3(C(=O)N1C)[C@@H](O)[C@]1([C@]45c6ccccc6N[C@H]4N4C(=O)[C@@]6(C(C)C)SS[C@@]4(C(=O)N6C)[C@H]5O)c4ccccc4N[C@@H]1N3C2=O. The van der Waals surface area contributed by atoms with Crippen molar-refractivity contribution >= 4 is 97.8 Å². The second kappa shape index (κ2) is 10.4. The van der Waals surface area contributed by atoms with Crippen LogP contribution in [0.2, 0.25) is 0 Å². The molecule has 0 unspecified atom stereocenters. The molecule has 12 nitrogen and oxygen atoms in total. The van der Waals surface area contributed by atoms with Crippen molar-refractivity contribution < 1.29 is 29.4 Å². The van der Waals surface area contributed by atoms with Crippen molar-refractivity contribution in [2.24, 2.45) is 11.8 Å². The van der Waals surface area contributed by atoms with Gasteiger partial charge < -0.3 is 30.6 Å². The summed E-state index contributed by atoms with van der Waals surface area (Å²) in [7, 11) is 11.0. The summed E-state index contributed by atoms with van der Waals surface area (Å²) in [5.74, 6) is -2.05. The van der Waals surface area contributed by atoms with Crippen LogP contribution < -0.4 is 10.6 Å². The van der Waals surface area contributed by atoms with E-state index in [2.05, 4.69) is 10.6 Å². The van der Waals surface area contributed by atoms with E-state index in [1.54, 1.807) is 23.9 Å². The Morgan fingerprint density at radius 3 is 1.46 bits per heavy atom. The summed E-state index contributed by atoms with van der Waals surface area (Å²) in [6.07, 6.45) is -5.37. The van der Waals surface area contributed by atoms with E-state index in [-0.39, 0.29) is 23.7 Å². The first-order chi connectivity index (χ1) is 24.7. The summed E-state index contributed by atoms with van der Waals surface area (Å²) in [5, 5.41) is 34.5. The number of para-hydroxylation sites is 2. The van der Waals surface area contributed by atoms with E-state index in [0.717, 1.165) is 10.8 Å². The van der Waals surface area contributed by atoms with Crippen LogP contribution in [0.1, 0.15) is 38.8 Å². The lowest BCUT2D eigenvalue weighted by Crippen LogP contribution is -2.79. The number of nitrogens with zero attached hydrogens (tertiary/aromatic N) is 4. The Labute approximate surface area is 323 Å². The molecule has 0 aliphatic carbocycles. The van der Waals surface area contributed by atoms with Crippen molar-refractivity contribution in [1.29, 1.82) is 0 Å². The monoisotopic (exact) mass is 816 g/mol. The number of aliphatic hydroxyl groups is 2. The molecule has 10 aliphatic heterocycles. The number of carbonyl (C=O) groups excluding carboxylic acids is 4. The smallest absolute Gasteiger partial charge is 0.264 e. The highest BCUT2D eigenvalue weighted by molar-refractivity contribution is 9.26. The molecule has 0 aromatic heterocycles. The number of fused-ring (bicyclic) bond motifs is 13. The van der Waals surface area contributed by atoms with Gasteiger partial charge in [-0.2, -0.15) is 0 Å². The maximum atomic E-state index is 15.5. The molecule has 12 rings (SSSR count). The van der Waals surface area contributed by atoms with E-state index in [1.165, 1.54) is 61.8 Å². The van der Waals surface area contributed by atoms with Crippen LogP contribution in [0.3, 0.4) is 0 Å². The Hall–Kier alpha value is -2.06. The largest absolute Gasteiger partial charge is 0.388 e. The van der Waals surface area contributed by atoms with Gasteiger partial charge in [0.15, 0.2) is 9.74 Å². The first-order valence-corrected chi connectivity index (χ1v) is 24.1. The topological polar surface area (TPSA) is 146 Å². The molecule has 10 heterocycles. The fourth-order valence-electron chi connectivity index (χ4n) is 11.0. The molecule has 4 bridgehead atoms. The molecule has 8 saturated heterocycles. The van der Waals surface area contributed by atoms with Crippen LogP contribution in [0.5, 0.6) is 0 Å². The number of hydrogen-bond donors (Lipinski definition) is 4. The third-order valence-corrected chi connectivity index (χ3v) is 24.6. The maximum absolute atomic E-state index is 15.5. The predicted molar refractivity (Wildman–Crippen MR) is 208 cm³/mol. The average Bonchev–Trinajstić information content (AvgIpc) is 3.76. The Morgan fingerprint density at radius 1 is 0.596 bits per heavy atom. The molecule has 274 valence electrons. The number of nitrogens with one attached hydrogen (secondary N) is 2. The summed E-state index contributed by atoms with van der Waals surface area (Å²) < 4.78 is 0. The zero-order valence-electron chi connectivity index (χ0n) is 28.8. The number of anilines is 2. The van der Waals surface area contributed by atoms with Gasteiger partial charge in [-0.25, -0.2) is 0 Å². The summed E-state index contributed by atoms with van der Waals surface area (Å²) in [4.78, 5) is 61.0. The van der Waals surface area contributed by atoms with Crippen LogP contribution in [0.4, 0.5) is 11.4 Å². The van der Waals surface area contributed by atoms with Crippen LogP contribution in [0, 0.1) is 11.8 Å². The van der Waals surface area contributed by atoms with E-state index in [4.69, 9.17) is 0 Å². The molecule has 8 fully saturated rings. The molecule has 2 spiro atoms. The van der Waals surface area contributed by atoms with Gasteiger partial charge >= 0.3 is 0 Å². The Morgan fingerprint density at radius 2 is 1.00 bits per heavy atom. The van der Waals surface area contributed by atoms with Crippen LogP contribution in [0.15, 0.2) is 48.5 Å². The van der Waals surface area contributed by atoms with Gasteiger partial charge in [-0.3, -0.25) is 29.0 Å². The molecule has 2 aromatic carbocycles. The molecule has 10 aliphatic rings. The molecule has 2 aromatic rings. The highest BCUT2D eigenvalue weighted by atomic mass is 33.7. The van der Waals surface area contributed by atoms with Crippen LogP contribution in [-0.2, 0) is 30.0 Å². The van der Waals surface area contributed by atoms with Crippen molar-refractivity contribution in [3.63, 3.8) is 0 Å². The molecule has 0 radical (unpaired) electrons. The molecule has 4 N–H and O–H groups in total. The van der Waals surface area contributed by atoms with Gasteiger partial charge in [0.1, 0.15) is 24.5 Å². The molecule has 10 atom stereocenters. The fraction of sp³-hybridized carbons (Fsp3) is 0.529. The molecule has 52 heavy (non-hydrogen) atoms. The fourth-order valence-corrected chi connectivity index (χ4v) is 23.3. The van der Waals surface area contributed by atoms with Crippen LogP contribution >= 0.6 is 62.8 Å². The quantitative estimate of drug-likeness (QED) is 0.333. The van der Waals surface area contributed by atoms with Crippen molar-refractivity contribution in [2.75, 3.05) is 24.7 Å². The Balaban J connectivity index is 1.34. The second-order valence-electron chi connectivity index (χ2n) is 15.4. The highest BCUT2D eigenvalue weighted by Crippen LogP contribution is 2.79. The number of hydrogen-bond acceptors (Lipinski definition) is 14. The number of piperazine rings is 2. The number of amides is 4. The molecule has 18 heteroatoms. The number of carbonyl (C=O) groups is 4. The number of likely N-dealkylation sites (N-methyl/N-ethyl adjacent to an activating group) is 2. The first-order valence-electron chi connectivity index (χ1n) is 17.1. The van der Waals surface area contributed by atoms with E-state index in [0.29, 0.717) is 22.5 Å². The van der Waals surface area contributed by atoms with Crippen molar-refractivity contribution in [1.82, 2.24) is 19.6 Å². The summed E-state index contributed by atoms with van der Waals surface area (Å²) in [5.41, 5.74) is -0.877. The van der Waals surface area contributed by atoms with Gasteiger partial charge in [-0.1, -0.05) is 74.9 Å². The van der Waals surface area contributed by atoms with Gasteiger partial charge in [0, 0.05) is 25.5 Å². The van der Waals surface area contributed by atoms with Crippen molar-refractivity contribution in [3.05, 3.63) is 59.7 Å². The van der Waals surface area contributed by atoms with Crippen LogP contribution in [-0.4, -0.2) is 112 Å². The standard InChI is InChI=1S/C34H36N6O6S6/c1-15(2)31-27(45)39-23-29(17-11-7-9-13-19(17)35-23,21(41)33(39,48-47-31)25(43)37(31)5)30-18-12-8-10-14-20(18)36-24(30)40-28(46)32(16(3)4)38(6)26(44)34(40,22(30)42)50-52-51-49-32/h7-16,21-24,35-36,41-42H,1-6H3/t21-,22-,23-,24+,29-,30+,31+,32-,33+,34-/m0/s1. The zero-order valence-corrected chi connectivity index (χ0v) is 33.7. The van der Waals surface area contributed by atoms with E-state index < -0.39 is 66.7 Å². The van der Waals surface area contributed by atoms with E-state index in [1.807, 2.05) is 76.2 Å². The van der Waals surface area contributed by atoms with E-state index in [9.17, 15) is 15.0 Å². The third kappa shape index (κ3) is 3.09. The van der Waals surface area contributed by atoms with Crippen molar-refractivity contribution in [2.45, 2.75) is 82.5 Å². The molecular formula is C34H36N6O6S6. The Bertz CT molecular complexity index is 2050. The van der Waals surface area contributed by atoms with Gasteiger partial charge in [0.2, 0.25) is 9.74 Å². The maximum Gasteiger partial charge on any atom is 0.264 e. The van der Waals surface area contributed by atoms with Gasteiger partial charge in [0.25, 0.3) is 23.6 Å².